The first kappa shape index (κ1) is 16.1. The second-order valence-corrected chi connectivity index (χ2v) is 5.17. The van der Waals surface area contributed by atoms with Gasteiger partial charge in [-0.25, -0.2) is 14.2 Å². The van der Waals surface area contributed by atoms with E-state index in [1.54, 1.807) is 18.2 Å². The molecule has 0 atom stereocenters. The highest BCUT2D eigenvalue weighted by Gasteiger charge is 2.18. The minimum Gasteiger partial charge on any atom is -0.383 e. The molecule has 0 saturated heterocycles. The van der Waals surface area contributed by atoms with Crippen molar-refractivity contribution in [3.05, 3.63) is 64.8 Å². The predicted octanol–water partition coefficient (Wildman–Crippen LogP) is 2.83. The number of aromatic amines is 1. The summed E-state index contributed by atoms with van der Waals surface area (Å²) < 4.78 is 33.2. The Morgan fingerprint density at radius 1 is 1.17 bits per heavy atom. The Balaban J connectivity index is 2.22. The SMILES string of the molecule is COCCn1c(-c2ccnc(F)c2)c(-c2ccc(F)cc2)[nH]c1=O. The zero-order chi connectivity index (χ0) is 17.1. The molecule has 2 heterocycles. The summed E-state index contributed by atoms with van der Waals surface area (Å²) in [7, 11) is 1.53. The van der Waals surface area contributed by atoms with E-state index >= 15 is 0 Å². The van der Waals surface area contributed by atoms with Crippen LogP contribution in [0.25, 0.3) is 22.5 Å². The summed E-state index contributed by atoms with van der Waals surface area (Å²) in [6.45, 7) is 0.619. The van der Waals surface area contributed by atoms with E-state index < -0.39 is 5.95 Å². The van der Waals surface area contributed by atoms with Gasteiger partial charge in [-0.2, -0.15) is 4.39 Å². The number of benzene rings is 1. The first-order chi connectivity index (χ1) is 11.6. The average molecular weight is 331 g/mol. The number of ether oxygens (including phenoxy) is 1. The van der Waals surface area contributed by atoms with Crippen LogP contribution < -0.4 is 5.69 Å². The molecule has 0 aliphatic heterocycles. The Hall–Kier alpha value is -2.80. The van der Waals surface area contributed by atoms with Crippen molar-refractivity contribution in [1.29, 1.82) is 0 Å². The molecular weight excluding hydrogens is 316 g/mol. The van der Waals surface area contributed by atoms with Gasteiger partial charge in [0.05, 0.1) is 24.5 Å². The number of hydrogen-bond donors (Lipinski definition) is 1. The fourth-order valence-electron chi connectivity index (χ4n) is 2.54. The van der Waals surface area contributed by atoms with Gasteiger partial charge in [-0.1, -0.05) is 0 Å². The number of pyridine rings is 1. The third-order valence-electron chi connectivity index (χ3n) is 3.64. The maximum absolute atomic E-state index is 13.5. The minimum absolute atomic E-state index is 0.298. The molecule has 124 valence electrons. The summed E-state index contributed by atoms with van der Waals surface area (Å²) in [4.78, 5) is 18.6. The van der Waals surface area contributed by atoms with Crippen LogP contribution in [0.2, 0.25) is 0 Å². The molecule has 0 bridgehead atoms. The molecule has 1 aromatic carbocycles. The molecule has 0 unspecified atom stereocenters. The number of rotatable bonds is 5. The molecule has 1 N–H and O–H groups in total. The summed E-state index contributed by atoms with van der Waals surface area (Å²) in [5.41, 5.74) is 1.76. The summed E-state index contributed by atoms with van der Waals surface area (Å²) in [6.07, 6.45) is 1.33. The lowest BCUT2D eigenvalue weighted by Gasteiger charge is -2.10. The van der Waals surface area contributed by atoms with Gasteiger partial charge < -0.3 is 9.72 Å². The largest absolute Gasteiger partial charge is 0.383 e. The van der Waals surface area contributed by atoms with Crippen LogP contribution >= 0.6 is 0 Å². The molecule has 24 heavy (non-hydrogen) atoms. The number of H-pyrrole nitrogens is 1. The van der Waals surface area contributed by atoms with E-state index in [0.29, 0.717) is 35.7 Å². The van der Waals surface area contributed by atoms with Crippen LogP contribution in [0.4, 0.5) is 8.78 Å². The minimum atomic E-state index is -0.649. The highest BCUT2D eigenvalue weighted by atomic mass is 19.1. The maximum Gasteiger partial charge on any atom is 0.326 e. The van der Waals surface area contributed by atoms with Crippen LogP contribution in [0, 0.1) is 11.8 Å². The lowest BCUT2D eigenvalue weighted by atomic mass is 10.1. The molecule has 3 aromatic rings. The molecule has 3 rings (SSSR count). The maximum atomic E-state index is 13.5. The highest BCUT2D eigenvalue weighted by molar-refractivity contribution is 5.78. The molecule has 2 aromatic heterocycles. The molecule has 0 saturated carbocycles. The lowest BCUT2D eigenvalue weighted by molar-refractivity contribution is 0.186. The van der Waals surface area contributed by atoms with Crippen molar-refractivity contribution >= 4 is 0 Å². The number of hydrogen-bond acceptors (Lipinski definition) is 3. The van der Waals surface area contributed by atoms with E-state index in [0.717, 1.165) is 0 Å². The zero-order valence-electron chi connectivity index (χ0n) is 12.9. The first-order valence-electron chi connectivity index (χ1n) is 7.29. The number of imidazole rings is 1. The number of nitrogens with zero attached hydrogens (tertiary/aromatic N) is 2. The fourth-order valence-corrected chi connectivity index (χ4v) is 2.54. The Labute approximate surface area is 136 Å². The third-order valence-corrected chi connectivity index (χ3v) is 3.64. The molecule has 0 aliphatic carbocycles. The Morgan fingerprint density at radius 2 is 1.92 bits per heavy atom. The number of halogens is 2. The second-order valence-electron chi connectivity index (χ2n) is 5.17. The van der Waals surface area contributed by atoms with Gasteiger partial charge in [-0.05, 0) is 30.3 Å². The quantitative estimate of drug-likeness (QED) is 0.732. The van der Waals surface area contributed by atoms with Crippen molar-refractivity contribution in [2.75, 3.05) is 13.7 Å². The third kappa shape index (κ3) is 3.11. The summed E-state index contributed by atoms with van der Waals surface area (Å²) in [6, 6.07) is 8.58. The van der Waals surface area contributed by atoms with E-state index in [9.17, 15) is 13.6 Å². The molecule has 0 radical (unpaired) electrons. The normalized spacial score (nSPS) is 11.0. The van der Waals surface area contributed by atoms with Gasteiger partial charge in [0.2, 0.25) is 5.95 Å². The van der Waals surface area contributed by atoms with Crippen molar-refractivity contribution in [2.24, 2.45) is 0 Å². The molecule has 0 amide bonds. The van der Waals surface area contributed by atoms with Crippen molar-refractivity contribution in [3.63, 3.8) is 0 Å². The molecule has 0 spiro atoms. The zero-order valence-corrected chi connectivity index (χ0v) is 12.9. The molecule has 0 fully saturated rings. The van der Waals surface area contributed by atoms with Crippen molar-refractivity contribution < 1.29 is 13.5 Å². The second kappa shape index (κ2) is 6.76. The Morgan fingerprint density at radius 3 is 2.58 bits per heavy atom. The van der Waals surface area contributed by atoms with Crippen LogP contribution in [-0.2, 0) is 11.3 Å². The van der Waals surface area contributed by atoms with Gasteiger partial charge in [0.1, 0.15) is 5.82 Å². The van der Waals surface area contributed by atoms with Crippen LogP contribution in [-0.4, -0.2) is 28.3 Å². The smallest absolute Gasteiger partial charge is 0.326 e. The van der Waals surface area contributed by atoms with Crippen molar-refractivity contribution in [2.45, 2.75) is 6.54 Å². The van der Waals surface area contributed by atoms with E-state index in [1.807, 2.05) is 0 Å². The predicted molar refractivity (Wildman–Crippen MR) is 85.5 cm³/mol. The standard InChI is InChI=1S/C17H15F2N3O2/c1-24-9-8-22-16(12-6-7-20-14(19)10-12)15(21-17(22)23)11-2-4-13(18)5-3-11/h2-7,10H,8-9H2,1H3,(H,21,23). The van der Waals surface area contributed by atoms with Crippen LogP contribution in [0.3, 0.4) is 0 Å². The summed E-state index contributed by atoms with van der Waals surface area (Å²) in [5, 5.41) is 0. The van der Waals surface area contributed by atoms with Gasteiger partial charge in [-0.15, -0.1) is 0 Å². The van der Waals surface area contributed by atoms with E-state index in [1.165, 1.54) is 36.1 Å². The summed E-state index contributed by atoms with van der Waals surface area (Å²) in [5.74, 6) is -1.03. The number of methoxy groups -OCH3 is 1. The topological polar surface area (TPSA) is 59.9 Å². The average Bonchev–Trinajstić information content (AvgIpc) is 2.90. The van der Waals surface area contributed by atoms with Gasteiger partial charge in [0.15, 0.2) is 0 Å². The van der Waals surface area contributed by atoms with E-state index in [2.05, 4.69) is 9.97 Å². The number of nitrogens with one attached hydrogen (secondary N) is 1. The van der Waals surface area contributed by atoms with Crippen LogP contribution in [0.5, 0.6) is 0 Å². The molecule has 5 nitrogen and oxygen atoms in total. The van der Waals surface area contributed by atoms with E-state index in [4.69, 9.17) is 4.74 Å². The molecule has 7 heteroatoms. The Bertz CT molecular complexity index is 901. The molecular formula is C17H15F2N3O2. The van der Waals surface area contributed by atoms with Crippen LogP contribution in [0.1, 0.15) is 0 Å². The van der Waals surface area contributed by atoms with Crippen molar-refractivity contribution in [1.82, 2.24) is 14.5 Å². The van der Waals surface area contributed by atoms with Crippen molar-refractivity contribution in [3.8, 4) is 22.5 Å². The number of aromatic nitrogens is 3. The lowest BCUT2D eigenvalue weighted by Crippen LogP contribution is -2.20. The highest BCUT2D eigenvalue weighted by Crippen LogP contribution is 2.30. The van der Waals surface area contributed by atoms with Gasteiger partial charge >= 0.3 is 5.69 Å². The monoisotopic (exact) mass is 331 g/mol. The fraction of sp³-hybridized carbons (Fsp3) is 0.176. The first-order valence-corrected chi connectivity index (χ1v) is 7.29. The van der Waals surface area contributed by atoms with Gasteiger partial charge in [0, 0.05) is 30.5 Å². The van der Waals surface area contributed by atoms with E-state index in [-0.39, 0.29) is 11.5 Å². The molecule has 0 aliphatic rings. The Kier molecular flexibility index (Phi) is 4.52. The summed E-state index contributed by atoms with van der Waals surface area (Å²) >= 11 is 0. The van der Waals surface area contributed by atoms with Gasteiger partial charge in [0.25, 0.3) is 0 Å². The van der Waals surface area contributed by atoms with Crippen LogP contribution in [0.15, 0.2) is 47.4 Å². The van der Waals surface area contributed by atoms with Gasteiger partial charge in [-0.3, -0.25) is 4.57 Å².